The van der Waals surface area contributed by atoms with Gasteiger partial charge in [0.2, 0.25) is 5.91 Å². The van der Waals surface area contributed by atoms with Gasteiger partial charge in [-0.1, -0.05) is 29.8 Å². The average Bonchev–Trinajstić information content (AvgIpc) is 3.44. The number of likely N-dealkylation sites (tertiary alicyclic amines) is 1. The van der Waals surface area contributed by atoms with Crippen molar-refractivity contribution in [1.82, 2.24) is 19.9 Å². The number of carbonyl (C=O) groups is 1. The number of halogens is 2. The fraction of sp³-hybridized carbons (Fsp3) is 0.226. The molecule has 1 amide bonds. The highest BCUT2D eigenvalue weighted by atomic mass is 35.5. The molecule has 2 aromatic carbocycles. The van der Waals surface area contributed by atoms with Crippen LogP contribution < -0.4 is 30.6 Å². The van der Waals surface area contributed by atoms with Crippen LogP contribution in [0, 0.1) is 0 Å². The molecule has 3 heterocycles. The molecule has 0 bridgehead atoms. The summed E-state index contributed by atoms with van der Waals surface area (Å²) in [5.74, 6) is 1.61. The van der Waals surface area contributed by atoms with Crippen molar-refractivity contribution in [3.05, 3.63) is 77.2 Å². The van der Waals surface area contributed by atoms with Crippen molar-refractivity contribution < 1.29 is 19.0 Å². The summed E-state index contributed by atoms with van der Waals surface area (Å²) in [7, 11) is 5.05. The molecular weight excluding hydrogens is 605 g/mol. The molecule has 2 aromatic heterocycles. The molecule has 1 atom stereocenters. The summed E-state index contributed by atoms with van der Waals surface area (Å²) < 4.78 is 16.9. The van der Waals surface area contributed by atoms with Crippen LogP contribution in [0.4, 0.5) is 23.0 Å². The van der Waals surface area contributed by atoms with Crippen molar-refractivity contribution in [3.63, 3.8) is 0 Å². The lowest BCUT2D eigenvalue weighted by molar-refractivity contribution is -0.112. The van der Waals surface area contributed by atoms with E-state index >= 15 is 0 Å². The first-order chi connectivity index (χ1) is 21.2. The number of amides is 1. The van der Waals surface area contributed by atoms with E-state index in [0.717, 1.165) is 19.5 Å². The van der Waals surface area contributed by atoms with Gasteiger partial charge in [-0.2, -0.15) is 0 Å². The molecular formula is C31H31Cl2N7O4. The monoisotopic (exact) mass is 635 g/mol. The third kappa shape index (κ3) is 6.65. The summed E-state index contributed by atoms with van der Waals surface area (Å²) in [6.07, 6.45) is 4.02. The van der Waals surface area contributed by atoms with Gasteiger partial charge < -0.3 is 35.5 Å². The van der Waals surface area contributed by atoms with Gasteiger partial charge in [0.25, 0.3) is 0 Å². The minimum absolute atomic E-state index is 0.0584. The van der Waals surface area contributed by atoms with Crippen LogP contribution in [-0.4, -0.2) is 66.2 Å². The number of aromatic nitrogens is 3. The number of anilines is 4. The van der Waals surface area contributed by atoms with Gasteiger partial charge in [-0.25, -0.2) is 15.0 Å². The normalized spacial score (nSPS) is 14.6. The number of rotatable bonds is 11. The highest BCUT2D eigenvalue weighted by Crippen LogP contribution is 2.46. The average molecular weight is 637 g/mol. The zero-order valence-electron chi connectivity index (χ0n) is 24.4. The number of benzene rings is 2. The molecule has 1 aliphatic heterocycles. The maximum absolute atomic E-state index is 12.1. The fourth-order valence-electron chi connectivity index (χ4n) is 4.81. The topological polar surface area (TPSA) is 137 Å². The van der Waals surface area contributed by atoms with E-state index in [2.05, 4.69) is 44.1 Å². The van der Waals surface area contributed by atoms with Gasteiger partial charge in [-0.15, -0.1) is 0 Å². The van der Waals surface area contributed by atoms with Crippen molar-refractivity contribution >= 4 is 57.7 Å². The Balaban J connectivity index is 1.46. The molecule has 5 rings (SSSR count). The Labute approximate surface area is 265 Å². The Bertz CT molecular complexity index is 1690. The Morgan fingerprint density at radius 3 is 2.45 bits per heavy atom. The number of pyridine rings is 1. The molecule has 0 spiro atoms. The fourth-order valence-corrected chi connectivity index (χ4v) is 5.40. The van der Waals surface area contributed by atoms with Crippen LogP contribution >= 0.6 is 23.2 Å². The van der Waals surface area contributed by atoms with Crippen LogP contribution in [0.15, 0.2) is 61.6 Å². The van der Waals surface area contributed by atoms with Gasteiger partial charge in [0.15, 0.2) is 0 Å². The quantitative estimate of drug-likeness (QED) is 0.170. The number of primary amides is 1. The Kier molecular flexibility index (Phi) is 9.38. The van der Waals surface area contributed by atoms with Crippen LogP contribution in [0.1, 0.15) is 12.0 Å². The van der Waals surface area contributed by atoms with E-state index in [-0.39, 0.29) is 21.7 Å². The van der Waals surface area contributed by atoms with E-state index in [1.807, 2.05) is 12.1 Å². The minimum atomic E-state index is -0.647. The third-order valence-corrected chi connectivity index (χ3v) is 7.85. The van der Waals surface area contributed by atoms with Gasteiger partial charge in [0.1, 0.15) is 51.4 Å². The number of methoxy groups -OCH3 is 2. The van der Waals surface area contributed by atoms with Crippen molar-refractivity contribution in [2.24, 2.45) is 5.73 Å². The summed E-state index contributed by atoms with van der Waals surface area (Å²) in [6.45, 7) is 5.69. The number of likely N-dealkylation sites (N-methyl/N-ethyl adjacent to an activating group) is 1. The lowest BCUT2D eigenvalue weighted by atomic mass is 10.0. The number of hydrogen-bond donors (Lipinski definition) is 3. The van der Waals surface area contributed by atoms with E-state index < -0.39 is 5.91 Å². The largest absolute Gasteiger partial charge is 0.495 e. The number of nitrogens with one attached hydrogen (secondary N) is 2. The third-order valence-electron chi connectivity index (χ3n) is 7.09. The van der Waals surface area contributed by atoms with Crippen LogP contribution in [-0.2, 0) is 4.79 Å². The molecule has 1 saturated heterocycles. The molecule has 1 unspecified atom stereocenters. The van der Waals surface area contributed by atoms with Gasteiger partial charge in [0.05, 0.1) is 25.6 Å². The van der Waals surface area contributed by atoms with E-state index in [9.17, 15) is 4.79 Å². The second-order valence-corrected chi connectivity index (χ2v) is 10.8. The Morgan fingerprint density at radius 2 is 1.80 bits per heavy atom. The lowest BCUT2D eigenvalue weighted by Gasteiger charge is -2.18. The summed E-state index contributed by atoms with van der Waals surface area (Å²) in [5.41, 5.74) is 8.36. The number of hydrogen-bond acceptors (Lipinski definition) is 10. The van der Waals surface area contributed by atoms with E-state index in [0.29, 0.717) is 57.1 Å². The van der Waals surface area contributed by atoms with Gasteiger partial charge in [-0.3, -0.25) is 4.79 Å². The predicted molar refractivity (Wildman–Crippen MR) is 173 cm³/mol. The summed E-state index contributed by atoms with van der Waals surface area (Å²) in [6, 6.07) is 12.4. The first-order valence-electron chi connectivity index (χ1n) is 13.6. The number of nitrogens with zero attached hydrogens (tertiary/aromatic N) is 4. The first kappa shape index (κ1) is 30.9. The molecule has 0 saturated carbocycles. The van der Waals surface area contributed by atoms with Crippen LogP contribution in [0.2, 0.25) is 10.0 Å². The summed E-state index contributed by atoms with van der Waals surface area (Å²) >= 11 is 13.2. The van der Waals surface area contributed by atoms with Crippen molar-refractivity contribution in [1.29, 1.82) is 0 Å². The molecule has 4 N–H and O–H groups in total. The smallest absolute Gasteiger partial charge is 0.248 e. The SMILES string of the molecule is C=C(C(N)=O)c1cc(OC2CCN(C)C2)ccc1Nc1cc(-c2cccnc2Nc2c(Cl)c(OC)cc(OC)c2Cl)ncn1. The maximum Gasteiger partial charge on any atom is 0.248 e. The van der Waals surface area contributed by atoms with E-state index in [1.54, 1.807) is 36.5 Å². The van der Waals surface area contributed by atoms with E-state index in [4.69, 9.17) is 43.1 Å². The molecule has 0 aliphatic carbocycles. The molecule has 13 heteroatoms. The maximum atomic E-state index is 12.1. The van der Waals surface area contributed by atoms with Gasteiger partial charge >= 0.3 is 0 Å². The zero-order valence-corrected chi connectivity index (χ0v) is 25.9. The molecule has 1 fully saturated rings. The predicted octanol–water partition coefficient (Wildman–Crippen LogP) is 5.93. The van der Waals surface area contributed by atoms with Crippen molar-refractivity contribution in [2.45, 2.75) is 12.5 Å². The number of nitrogens with two attached hydrogens (primary N) is 1. The van der Waals surface area contributed by atoms with Crippen LogP contribution in [0.3, 0.4) is 0 Å². The Hall–Kier alpha value is -4.58. The summed E-state index contributed by atoms with van der Waals surface area (Å²) in [4.78, 5) is 27.7. The molecule has 228 valence electrons. The van der Waals surface area contributed by atoms with Crippen LogP contribution in [0.25, 0.3) is 16.8 Å². The molecule has 44 heavy (non-hydrogen) atoms. The molecule has 0 radical (unpaired) electrons. The standard InChI is InChI=1S/C31H31Cl2N7O4/c1-17(30(34)41)21-12-18(44-19-9-11-40(2)15-19)7-8-22(21)38-26-13-23(36-16-37-26)20-6-5-10-35-31(20)39-29-27(32)24(42-3)14-25(43-4)28(29)33/h5-8,10,12-14,16,19H,1,9,11,15H2,2-4H3,(H2,34,41)(H,35,39)(H,36,37,38). The van der Waals surface area contributed by atoms with Gasteiger partial charge in [-0.05, 0) is 43.8 Å². The first-order valence-corrected chi connectivity index (χ1v) is 14.3. The second kappa shape index (κ2) is 13.4. The second-order valence-electron chi connectivity index (χ2n) is 10.1. The zero-order chi connectivity index (χ0) is 31.4. The van der Waals surface area contributed by atoms with Crippen LogP contribution in [0.5, 0.6) is 17.2 Å². The molecule has 1 aliphatic rings. The Morgan fingerprint density at radius 1 is 1.05 bits per heavy atom. The summed E-state index contributed by atoms with van der Waals surface area (Å²) in [5, 5.41) is 6.99. The minimum Gasteiger partial charge on any atom is -0.495 e. The molecule has 11 nitrogen and oxygen atoms in total. The number of ether oxygens (including phenoxy) is 3. The van der Waals surface area contributed by atoms with E-state index in [1.165, 1.54) is 20.5 Å². The van der Waals surface area contributed by atoms with Gasteiger partial charge in [0, 0.05) is 53.8 Å². The lowest BCUT2D eigenvalue weighted by Crippen LogP contribution is -2.21. The van der Waals surface area contributed by atoms with Crippen molar-refractivity contribution in [3.8, 4) is 28.5 Å². The molecule has 4 aromatic rings. The number of carbonyl (C=O) groups excluding carboxylic acids is 1. The van der Waals surface area contributed by atoms with Crippen molar-refractivity contribution in [2.75, 3.05) is 45.0 Å². The highest BCUT2D eigenvalue weighted by molar-refractivity contribution is 6.41. The highest BCUT2D eigenvalue weighted by Gasteiger charge is 2.23.